The van der Waals surface area contributed by atoms with Crippen LogP contribution in [0.4, 0.5) is 5.69 Å². The van der Waals surface area contributed by atoms with Gasteiger partial charge in [-0.1, -0.05) is 26.0 Å². The molecule has 0 bridgehead atoms. The fourth-order valence-electron chi connectivity index (χ4n) is 1.30. The molecule has 1 rings (SSSR count). The Bertz CT molecular complexity index is 325. The molecule has 1 aromatic rings. The highest BCUT2D eigenvalue weighted by molar-refractivity contribution is 9.10. The van der Waals surface area contributed by atoms with E-state index in [1.807, 2.05) is 18.2 Å². The van der Waals surface area contributed by atoms with E-state index in [-0.39, 0.29) is 5.54 Å². The van der Waals surface area contributed by atoms with Crippen molar-refractivity contribution in [3.05, 3.63) is 28.7 Å². The highest BCUT2D eigenvalue weighted by Crippen LogP contribution is 2.27. The van der Waals surface area contributed by atoms with Crippen molar-refractivity contribution in [2.45, 2.75) is 26.3 Å². The van der Waals surface area contributed by atoms with Crippen molar-refractivity contribution in [3.8, 4) is 0 Å². The molecular formula is C12H19BrN2. The van der Waals surface area contributed by atoms with Gasteiger partial charge < -0.3 is 11.1 Å². The molecule has 0 aliphatic heterocycles. The first-order valence-corrected chi connectivity index (χ1v) is 6.01. The number of hydrogen-bond acceptors (Lipinski definition) is 2. The number of hydrogen-bond donors (Lipinski definition) is 2. The smallest absolute Gasteiger partial charge is 0.0490 e. The highest BCUT2D eigenvalue weighted by atomic mass is 79.9. The molecule has 0 saturated carbocycles. The maximum atomic E-state index is 5.83. The Labute approximate surface area is 100 Å². The van der Waals surface area contributed by atoms with Crippen LogP contribution in [0, 0.1) is 5.92 Å². The average Bonchev–Trinajstić information content (AvgIpc) is 2.21. The van der Waals surface area contributed by atoms with Crippen LogP contribution in [-0.2, 0) is 0 Å². The first-order chi connectivity index (χ1) is 6.99. The zero-order valence-electron chi connectivity index (χ0n) is 9.55. The Hall–Kier alpha value is -0.540. The molecule has 0 amide bonds. The summed E-state index contributed by atoms with van der Waals surface area (Å²) < 4.78 is 1.07. The molecule has 15 heavy (non-hydrogen) atoms. The lowest BCUT2D eigenvalue weighted by Crippen LogP contribution is -2.47. The van der Waals surface area contributed by atoms with Crippen LogP contribution in [0.2, 0.25) is 0 Å². The van der Waals surface area contributed by atoms with Crippen molar-refractivity contribution in [3.63, 3.8) is 0 Å². The summed E-state index contributed by atoms with van der Waals surface area (Å²) in [6.45, 7) is 7.12. The van der Waals surface area contributed by atoms with E-state index in [9.17, 15) is 0 Å². The van der Waals surface area contributed by atoms with E-state index in [4.69, 9.17) is 5.73 Å². The van der Waals surface area contributed by atoms with Crippen LogP contribution >= 0.6 is 15.9 Å². The minimum absolute atomic E-state index is 0.0656. The number of para-hydroxylation sites is 1. The second-order valence-corrected chi connectivity index (χ2v) is 5.24. The Kier molecular flexibility index (Phi) is 4.17. The van der Waals surface area contributed by atoms with E-state index in [0.717, 1.165) is 10.2 Å². The van der Waals surface area contributed by atoms with Crippen LogP contribution in [-0.4, -0.2) is 12.1 Å². The van der Waals surface area contributed by atoms with Gasteiger partial charge in [-0.25, -0.2) is 0 Å². The summed E-state index contributed by atoms with van der Waals surface area (Å²) in [6, 6.07) is 8.11. The molecule has 0 spiro atoms. The van der Waals surface area contributed by atoms with Gasteiger partial charge >= 0.3 is 0 Å². The third-order valence-corrected chi connectivity index (χ3v) is 3.68. The summed E-state index contributed by atoms with van der Waals surface area (Å²) in [4.78, 5) is 0. The maximum Gasteiger partial charge on any atom is 0.0490 e. The van der Waals surface area contributed by atoms with Gasteiger partial charge in [-0.15, -0.1) is 0 Å². The van der Waals surface area contributed by atoms with Gasteiger partial charge in [0.25, 0.3) is 0 Å². The van der Waals surface area contributed by atoms with Gasteiger partial charge in [0, 0.05) is 22.2 Å². The van der Waals surface area contributed by atoms with E-state index in [0.29, 0.717) is 12.5 Å². The normalized spacial score (nSPS) is 15.1. The minimum atomic E-state index is -0.0656. The zero-order valence-corrected chi connectivity index (χ0v) is 11.1. The summed E-state index contributed by atoms with van der Waals surface area (Å²) in [7, 11) is 0. The van der Waals surface area contributed by atoms with Crippen LogP contribution in [0.15, 0.2) is 28.7 Å². The Morgan fingerprint density at radius 3 is 2.47 bits per heavy atom. The molecule has 3 heteroatoms. The minimum Gasteiger partial charge on any atom is -0.377 e. The molecular weight excluding hydrogens is 252 g/mol. The Morgan fingerprint density at radius 2 is 2.00 bits per heavy atom. The van der Waals surface area contributed by atoms with E-state index in [2.05, 4.69) is 48.1 Å². The standard InChI is InChI=1S/C12H19BrN2/c1-9(2)12(3,8-14)15-11-7-5-4-6-10(11)13/h4-7,9,15H,8,14H2,1-3H3. The van der Waals surface area contributed by atoms with Gasteiger partial charge in [-0.3, -0.25) is 0 Å². The zero-order chi connectivity index (χ0) is 11.5. The van der Waals surface area contributed by atoms with Crippen molar-refractivity contribution in [1.29, 1.82) is 0 Å². The largest absolute Gasteiger partial charge is 0.377 e. The third kappa shape index (κ3) is 2.95. The van der Waals surface area contributed by atoms with Gasteiger partial charge in [-0.05, 0) is 40.9 Å². The predicted octanol–water partition coefficient (Wildman–Crippen LogP) is 3.23. The van der Waals surface area contributed by atoms with Crippen molar-refractivity contribution >= 4 is 21.6 Å². The molecule has 0 radical (unpaired) electrons. The third-order valence-electron chi connectivity index (χ3n) is 2.99. The molecule has 0 heterocycles. The number of anilines is 1. The second kappa shape index (κ2) is 4.99. The van der Waals surface area contributed by atoms with Crippen LogP contribution in [0.5, 0.6) is 0 Å². The molecule has 0 aromatic heterocycles. The quantitative estimate of drug-likeness (QED) is 0.882. The molecule has 1 unspecified atom stereocenters. The molecule has 1 atom stereocenters. The van der Waals surface area contributed by atoms with Gasteiger partial charge in [-0.2, -0.15) is 0 Å². The van der Waals surface area contributed by atoms with E-state index in [1.165, 1.54) is 0 Å². The second-order valence-electron chi connectivity index (χ2n) is 4.38. The highest BCUT2D eigenvalue weighted by Gasteiger charge is 2.26. The van der Waals surface area contributed by atoms with Crippen LogP contribution in [0.1, 0.15) is 20.8 Å². The summed E-state index contributed by atoms with van der Waals surface area (Å²) in [5.74, 6) is 0.481. The lowest BCUT2D eigenvalue weighted by atomic mass is 9.88. The monoisotopic (exact) mass is 270 g/mol. The van der Waals surface area contributed by atoms with Crippen molar-refractivity contribution in [1.82, 2.24) is 0 Å². The Morgan fingerprint density at radius 1 is 1.40 bits per heavy atom. The maximum absolute atomic E-state index is 5.83. The topological polar surface area (TPSA) is 38.0 Å². The molecule has 0 aliphatic rings. The fourth-order valence-corrected chi connectivity index (χ4v) is 1.69. The summed E-state index contributed by atoms with van der Waals surface area (Å²) in [5.41, 5.74) is 6.86. The van der Waals surface area contributed by atoms with Crippen LogP contribution in [0.25, 0.3) is 0 Å². The number of rotatable bonds is 4. The summed E-state index contributed by atoms with van der Waals surface area (Å²) in [5, 5.41) is 3.50. The SMILES string of the molecule is CC(C)C(C)(CN)Nc1ccccc1Br. The molecule has 0 saturated heterocycles. The molecule has 84 valence electrons. The summed E-state index contributed by atoms with van der Waals surface area (Å²) >= 11 is 3.52. The summed E-state index contributed by atoms with van der Waals surface area (Å²) in [6.07, 6.45) is 0. The number of nitrogens with one attached hydrogen (secondary N) is 1. The first kappa shape index (κ1) is 12.5. The van der Waals surface area contributed by atoms with Gasteiger partial charge in [0.05, 0.1) is 0 Å². The van der Waals surface area contributed by atoms with Gasteiger partial charge in [0.1, 0.15) is 0 Å². The van der Waals surface area contributed by atoms with Crippen molar-refractivity contribution < 1.29 is 0 Å². The van der Waals surface area contributed by atoms with E-state index >= 15 is 0 Å². The van der Waals surface area contributed by atoms with Crippen molar-refractivity contribution in [2.24, 2.45) is 11.7 Å². The lowest BCUT2D eigenvalue weighted by Gasteiger charge is -2.35. The van der Waals surface area contributed by atoms with Gasteiger partial charge in [0.15, 0.2) is 0 Å². The fraction of sp³-hybridized carbons (Fsp3) is 0.500. The number of nitrogens with two attached hydrogens (primary N) is 1. The molecule has 2 nitrogen and oxygen atoms in total. The Balaban J connectivity index is 2.89. The number of halogens is 1. The van der Waals surface area contributed by atoms with E-state index < -0.39 is 0 Å². The van der Waals surface area contributed by atoms with E-state index in [1.54, 1.807) is 0 Å². The molecule has 0 aliphatic carbocycles. The lowest BCUT2D eigenvalue weighted by molar-refractivity contribution is 0.382. The molecule has 3 N–H and O–H groups in total. The molecule has 0 fully saturated rings. The first-order valence-electron chi connectivity index (χ1n) is 5.22. The predicted molar refractivity (Wildman–Crippen MR) is 70.1 cm³/mol. The van der Waals surface area contributed by atoms with Gasteiger partial charge in [0.2, 0.25) is 0 Å². The average molecular weight is 271 g/mol. The number of benzene rings is 1. The van der Waals surface area contributed by atoms with Crippen molar-refractivity contribution in [2.75, 3.05) is 11.9 Å². The molecule has 1 aromatic carbocycles. The van der Waals surface area contributed by atoms with Crippen LogP contribution < -0.4 is 11.1 Å². The van der Waals surface area contributed by atoms with Crippen LogP contribution in [0.3, 0.4) is 0 Å².